The third-order valence-electron chi connectivity index (χ3n) is 1.97. The summed E-state index contributed by atoms with van der Waals surface area (Å²) in [6.07, 6.45) is 1.03. The van der Waals surface area contributed by atoms with Gasteiger partial charge >= 0.3 is 5.97 Å². The molecule has 1 aromatic rings. The monoisotopic (exact) mass is 228 g/mol. The zero-order valence-electron chi connectivity index (χ0n) is 8.25. The van der Waals surface area contributed by atoms with Crippen LogP contribution < -0.4 is 0 Å². The number of sulfone groups is 1. The average molecular weight is 228 g/mol. The van der Waals surface area contributed by atoms with Crippen LogP contribution in [0, 0.1) is 0 Å². The predicted molar refractivity (Wildman–Crippen MR) is 56.5 cm³/mol. The van der Waals surface area contributed by atoms with Gasteiger partial charge in [-0.05, 0) is 5.56 Å². The lowest BCUT2D eigenvalue weighted by molar-refractivity contribution is -0.138. The Bertz CT molecular complexity index is 436. The molecule has 0 aliphatic carbocycles. The van der Waals surface area contributed by atoms with E-state index in [0.29, 0.717) is 5.56 Å². The molecule has 0 aliphatic rings. The van der Waals surface area contributed by atoms with E-state index in [0.717, 1.165) is 6.26 Å². The lowest BCUT2D eigenvalue weighted by Gasteiger charge is -2.10. The predicted octanol–water partition coefficient (Wildman–Crippen LogP) is 0.899. The molecule has 1 N–H and O–H groups in total. The zero-order chi connectivity index (χ0) is 11.5. The van der Waals surface area contributed by atoms with Crippen LogP contribution in [-0.4, -0.2) is 31.5 Å². The van der Waals surface area contributed by atoms with Crippen molar-refractivity contribution in [1.82, 2.24) is 0 Å². The number of hydrogen-bond donors (Lipinski definition) is 1. The zero-order valence-corrected chi connectivity index (χ0v) is 9.07. The van der Waals surface area contributed by atoms with Crippen molar-refractivity contribution in [3.05, 3.63) is 35.9 Å². The maximum atomic E-state index is 11.1. The van der Waals surface area contributed by atoms with Crippen molar-refractivity contribution in [2.75, 3.05) is 12.0 Å². The van der Waals surface area contributed by atoms with Gasteiger partial charge in [0.2, 0.25) is 0 Å². The summed E-state index contributed by atoms with van der Waals surface area (Å²) >= 11 is 0. The maximum Gasteiger partial charge on any atom is 0.312 e. The number of hydrogen-bond acceptors (Lipinski definition) is 3. The van der Waals surface area contributed by atoms with Crippen LogP contribution in [0.25, 0.3) is 0 Å². The first kappa shape index (κ1) is 11.7. The van der Waals surface area contributed by atoms with Crippen molar-refractivity contribution in [2.24, 2.45) is 0 Å². The summed E-state index contributed by atoms with van der Waals surface area (Å²) in [5.41, 5.74) is 0.510. The molecule has 5 heteroatoms. The van der Waals surface area contributed by atoms with Crippen molar-refractivity contribution in [3.63, 3.8) is 0 Å². The fourth-order valence-corrected chi connectivity index (χ4v) is 2.24. The molecule has 4 nitrogen and oxygen atoms in total. The average Bonchev–Trinajstić information content (AvgIpc) is 2.14. The summed E-state index contributed by atoms with van der Waals surface area (Å²) in [6.45, 7) is 0. The molecule has 1 atom stereocenters. The van der Waals surface area contributed by atoms with Gasteiger partial charge in [0.05, 0.1) is 11.7 Å². The SMILES string of the molecule is CS(=O)(=O)CC(C(=O)O)c1ccccc1. The fourth-order valence-electron chi connectivity index (χ4n) is 1.30. The van der Waals surface area contributed by atoms with Crippen LogP contribution in [0.5, 0.6) is 0 Å². The van der Waals surface area contributed by atoms with Crippen molar-refractivity contribution in [2.45, 2.75) is 5.92 Å². The molecule has 0 saturated heterocycles. The van der Waals surface area contributed by atoms with E-state index in [1.165, 1.54) is 0 Å². The Morgan fingerprint density at radius 2 is 1.87 bits per heavy atom. The number of rotatable bonds is 4. The molecule has 0 spiro atoms. The highest BCUT2D eigenvalue weighted by molar-refractivity contribution is 7.90. The number of aliphatic carboxylic acids is 1. The Hall–Kier alpha value is -1.36. The summed E-state index contributed by atoms with van der Waals surface area (Å²) in [4.78, 5) is 10.9. The molecule has 0 fully saturated rings. The van der Waals surface area contributed by atoms with Crippen LogP contribution in [0.3, 0.4) is 0 Å². The van der Waals surface area contributed by atoms with Crippen molar-refractivity contribution in [3.8, 4) is 0 Å². The number of carbonyl (C=O) groups is 1. The minimum absolute atomic E-state index is 0.369. The van der Waals surface area contributed by atoms with Crippen LogP contribution in [0.15, 0.2) is 30.3 Å². The van der Waals surface area contributed by atoms with Crippen LogP contribution in [0.1, 0.15) is 11.5 Å². The first-order chi connectivity index (χ1) is 6.90. The molecule has 0 radical (unpaired) electrons. The number of carboxylic acid groups (broad SMARTS) is 1. The van der Waals surface area contributed by atoms with Gasteiger partial charge in [-0.1, -0.05) is 30.3 Å². The van der Waals surface area contributed by atoms with E-state index in [2.05, 4.69) is 0 Å². The maximum absolute atomic E-state index is 11.1. The summed E-state index contributed by atoms with van der Waals surface area (Å²) < 4.78 is 22.1. The lowest BCUT2D eigenvalue weighted by Crippen LogP contribution is -2.21. The second-order valence-corrected chi connectivity index (χ2v) is 5.58. The smallest absolute Gasteiger partial charge is 0.312 e. The highest BCUT2D eigenvalue weighted by Gasteiger charge is 2.23. The summed E-state index contributed by atoms with van der Waals surface area (Å²) in [7, 11) is -3.30. The standard InChI is InChI=1S/C10H12O4S/c1-15(13,14)7-9(10(11)12)8-5-3-2-4-6-8/h2-6,9H,7H2,1H3,(H,11,12). The molecule has 1 rings (SSSR count). The van der Waals surface area contributed by atoms with Crippen molar-refractivity contribution in [1.29, 1.82) is 0 Å². The van der Waals surface area contributed by atoms with Crippen molar-refractivity contribution < 1.29 is 18.3 Å². The normalized spacial score (nSPS) is 13.4. The van der Waals surface area contributed by atoms with Gasteiger partial charge in [-0.15, -0.1) is 0 Å². The second kappa shape index (κ2) is 4.44. The Morgan fingerprint density at radius 1 is 1.33 bits per heavy atom. The number of benzene rings is 1. The fraction of sp³-hybridized carbons (Fsp3) is 0.300. The first-order valence-corrected chi connectivity index (χ1v) is 6.41. The molecule has 0 saturated carbocycles. The van der Waals surface area contributed by atoms with Gasteiger partial charge in [-0.25, -0.2) is 8.42 Å². The van der Waals surface area contributed by atoms with E-state index in [9.17, 15) is 13.2 Å². The molecule has 1 aromatic carbocycles. The quantitative estimate of drug-likeness (QED) is 0.831. The summed E-state index contributed by atoms with van der Waals surface area (Å²) in [6, 6.07) is 8.36. The van der Waals surface area contributed by atoms with Crippen LogP contribution in [-0.2, 0) is 14.6 Å². The number of carboxylic acids is 1. The highest BCUT2D eigenvalue weighted by Crippen LogP contribution is 2.17. The van der Waals surface area contributed by atoms with Crippen LogP contribution in [0.4, 0.5) is 0 Å². The van der Waals surface area contributed by atoms with Crippen LogP contribution >= 0.6 is 0 Å². The summed E-state index contributed by atoms with van der Waals surface area (Å²) in [5.74, 6) is -2.47. The van der Waals surface area contributed by atoms with Gasteiger partial charge in [0, 0.05) is 6.26 Å². The largest absolute Gasteiger partial charge is 0.481 e. The van der Waals surface area contributed by atoms with E-state index < -0.39 is 21.7 Å². The van der Waals surface area contributed by atoms with Crippen LogP contribution in [0.2, 0.25) is 0 Å². The third-order valence-corrected chi connectivity index (χ3v) is 2.91. The molecule has 0 aliphatic heterocycles. The molecule has 0 bridgehead atoms. The van der Waals surface area contributed by atoms with Gasteiger partial charge in [0.25, 0.3) is 0 Å². The highest BCUT2D eigenvalue weighted by atomic mass is 32.2. The van der Waals surface area contributed by atoms with E-state index in [-0.39, 0.29) is 5.75 Å². The van der Waals surface area contributed by atoms with E-state index in [1.54, 1.807) is 30.3 Å². The third kappa shape index (κ3) is 3.71. The molecule has 15 heavy (non-hydrogen) atoms. The second-order valence-electron chi connectivity index (χ2n) is 3.39. The molecule has 1 unspecified atom stereocenters. The minimum atomic E-state index is -3.30. The Balaban J connectivity index is 3.00. The van der Waals surface area contributed by atoms with E-state index >= 15 is 0 Å². The Morgan fingerprint density at radius 3 is 2.27 bits per heavy atom. The molecule has 82 valence electrons. The molecule has 0 aromatic heterocycles. The summed E-state index contributed by atoms with van der Waals surface area (Å²) in [5, 5.41) is 8.93. The topological polar surface area (TPSA) is 71.4 Å². The van der Waals surface area contributed by atoms with Gasteiger partial charge in [0.1, 0.15) is 9.84 Å². The van der Waals surface area contributed by atoms with Gasteiger partial charge in [-0.3, -0.25) is 4.79 Å². The minimum Gasteiger partial charge on any atom is -0.481 e. The molecular formula is C10H12O4S. The molecular weight excluding hydrogens is 216 g/mol. The Labute approximate surface area is 88.5 Å². The van der Waals surface area contributed by atoms with Crippen molar-refractivity contribution >= 4 is 15.8 Å². The van der Waals surface area contributed by atoms with E-state index in [4.69, 9.17) is 5.11 Å². The van der Waals surface area contributed by atoms with Gasteiger partial charge in [0.15, 0.2) is 0 Å². The Kier molecular flexibility index (Phi) is 3.47. The lowest BCUT2D eigenvalue weighted by atomic mass is 10.0. The first-order valence-electron chi connectivity index (χ1n) is 4.35. The molecule has 0 amide bonds. The van der Waals surface area contributed by atoms with Gasteiger partial charge < -0.3 is 5.11 Å². The van der Waals surface area contributed by atoms with E-state index in [1.807, 2.05) is 0 Å². The molecule has 0 heterocycles. The van der Waals surface area contributed by atoms with Gasteiger partial charge in [-0.2, -0.15) is 0 Å².